The van der Waals surface area contributed by atoms with Crippen LogP contribution < -0.4 is 11.1 Å². The lowest BCUT2D eigenvalue weighted by Crippen LogP contribution is -2.24. The topological polar surface area (TPSA) is 86.3 Å². The van der Waals surface area contributed by atoms with Crippen molar-refractivity contribution in [2.75, 3.05) is 11.1 Å². The van der Waals surface area contributed by atoms with Crippen LogP contribution in [0.1, 0.15) is 30.8 Å². The average molecular weight is 377 g/mol. The number of nitrogen functional groups attached to an aromatic ring is 1. The molecule has 28 heavy (non-hydrogen) atoms. The first-order valence-corrected chi connectivity index (χ1v) is 9.33. The molecule has 1 aliphatic carbocycles. The number of nitrogens with two attached hydrogens (primary N) is 1. The SMILES string of the molecule is CC1CC1(C)OC(=O)Cn1c(C(=O)Nc2ccccc2)cc2cc(N)ccc21. The molecule has 0 spiro atoms. The molecule has 0 saturated heterocycles. The number of nitrogens with zero attached hydrogens (tertiary/aromatic N) is 1. The van der Waals surface area contributed by atoms with Crippen LogP contribution in [0.2, 0.25) is 0 Å². The van der Waals surface area contributed by atoms with Crippen molar-refractivity contribution in [3.05, 3.63) is 60.3 Å². The molecule has 2 atom stereocenters. The number of amides is 1. The number of hydrogen-bond donors (Lipinski definition) is 2. The molecule has 2 unspecified atom stereocenters. The van der Waals surface area contributed by atoms with Crippen molar-refractivity contribution in [1.29, 1.82) is 0 Å². The van der Waals surface area contributed by atoms with Crippen LogP contribution in [0.4, 0.5) is 11.4 Å². The highest BCUT2D eigenvalue weighted by Gasteiger charge is 2.50. The van der Waals surface area contributed by atoms with Gasteiger partial charge in [-0.05, 0) is 55.7 Å². The van der Waals surface area contributed by atoms with Crippen LogP contribution in [0.25, 0.3) is 10.9 Å². The Labute approximate surface area is 163 Å². The molecule has 2 aromatic carbocycles. The van der Waals surface area contributed by atoms with Crippen molar-refractivity contribution in [3.8, 4) is 0 Å². The second-order valence-electron chi connectivity index (χ2n) is 7.65. The van der Waals surface area contributed by atoms with Gasteiger partial charge in [-0.25, -0.2) is 0 Å². The fourth-order valence-corrected chi connectivity index (χ4v) is 3.48. The Morgan fingerprint density at radius 2 is 1.93 bits per heavy atom. The zero-order chi connectivity index (χ0) is 19.9. The Morgan fingerprint density at radius 1 is 1.21 bits per heavy atom. The summed E-state index contributed by atoms with van der Waals surface area (Å²) >= 11 is 0. The van der Waals surface area contributed by atoms with E-state index in [1.807, 2.05) is 43.3 Å². The maximum Gasteiger partial charge on any atom is 0.326 e. The van der Waals surface area contributed by atoms with Crippen molar-refractivity contribution >= 4 is 34.2 Å². The van der Waals surface area contributed by atoms with Gasteiger partial charge in [0.15, 0.2) is 0 Å². The molecule has 6 heteroatoms. The number of esters is 1. The quantitative estimate of drug-likeness (QED) is 0.523. The maximum atomic E-state index is 12.9. The first-order valence-electron chi connectivity index (χ1n) is 9.33. The number of nitrogens with one attached hydrogen (secondary N) is 1. The van der Waals surface area contributed by atoms with Crippen molar-refractivity contribution < 1.29 is 14.3 Å². The zero-order valence-corrected chi connectivity index (χ0v) is 15.9. The van der Waals surface area contributed by atoms with Gasteiger partial charge in [0.1, 0.15) is 17.8 Å². The van der Waals surface area contributed by atoms with Crippen LogP contribution in [0, 0.1) is 5.92 Å². The summed E-state index contributed by atoms with van der Waals surface area (Å²) in [4.78, 5) is 25.5. The number of fused-ring (bicyclic) bond motifs is 1. The molecule has 1 fully saturated rings. The van der Waals surface area contributed by atoms with Gasteiger partial charge < -0.3 is 20.4 Å². The van der Waals surface area contributed by atoms with Crippen molar-refractivity contribution in [1.82, 2.24) is 4.57 Å². The third kappa shape index (κ3) is 3.45. The molecule has 4 rings (SSSR count). The van der Waals surface area contributed by atoms with Crippen molar-refractivity contribution in [3.63, 3.8) is 0 Å². The number of para-hydroxylation sites is 1. The predicted octanol–water partition coefficient (Wildman–Crippen LogP) is 3.82. The summed E-state index contributed by atoms with van der Waals surface area (Å²) in [5.74, 6) is -0.284. The number of carbonyl (C=O) groups excluding carboxylic acids is 2. The van der Waals surface area contributed by atoms with E-state index in [9.17, 15) is 9.59 Å². The molecule has 3 aromatic rings. The summed E-state index contributed by atoms with van der Waals surface area (Å²) in [5.41, 5.74) is 7.93. The molecule has 0 radical (unpaired) electrons. The molecular weight excluding hydrogens is 354 g/mol. The van der Waals surface area contributed by atoms with Crippen LogP contribution in [0.15, 0.2) is 54.6 Å². The van der Waals surface area contributed by atoms with E-state index in [-0.39, 0.29) is 18.4 Å². The lowest BCUT2D eigenvalue weighted by molar-refractivity contribution is -0.151. The minimum absolute atomic E-state index is 0.0345. The van der Waals surface area contributed by atoms with Crippen LogP contribution >= 0.6 is 0 Å². The van der Waals surface area contributed by atoms with Gasteiger partial charge in [-0.1, -0.05) is 25.1 Å². The summed E-state index contributed by atoms with van der Waals surface area (Å²) in [7, 11) is 0. The minimum atomic E-state index is -0.392. The third-order valence-electron chi connectivity index (χ3n) is 5.42. The Bertz CT molecular complexity index is 1060. The summed E-state index contributed by atoms with van der Waals surface area (Å²) in [6.07, 6.45) is 0.864. The summed E-state index contributed by atoms with van der Waals surface area (Å²) < 4.78 is 7.33. The van der Waals surface area contributed by atoms with Gasteiger partial charge >= 0.3 is 5.97 Å². The van der Waals surface area contributed by atoms with Gasteiger partial charge in [-0.15, -0.1) is 0 Å². The molecule has 1 aromatic heterocycles. The van der Waals surface area contributed by atoms with Gasteiger partial charge in [0.05, 0.1) is 0 Å². The van der Waals surface area contributed by atoms with E-state index in [0.717, 1.165) is 17.3 Å². The number of carbonyl (C=O) groups is 2. The number of aromatic nitrogens is 1. The number of ether oxygens (including phenoxy) is 1. The lowest BCUT2D eigenvalue weighted by Gasteiger charge is -2.15. The molecular formula is C22H23N3O3. The fraction of sp³-hybridized carbons (Fsp3) is 0.273. The molecule has 0 aliphatic heterocycles. The molecule has 3 N–H and O–H groups in total. The van der Waals surface area contributed by atoms with Gasteiger partial charge in [-0.2, -0.15) is 0 Å². The smallest absolute Gasteiger partial charge is 0.326 e. The Hall–Kier alpha value is -3.28. The van der Waals surface area contributed by atoms with Gasteiger partial charge in [0.2, 0.25) is 0 Å². The maximum absolute atomic E-state index is 12.9. The monoisotopic (exact) mass is 377 g/mol. The standard InChI is InChI=1S/C22H23N3O3/c1-14-12-22(14,2)28-20(26)13-25-18-9-8-16(23)10-15(18)11-19(25)21(27)24-17-6-4-3-5-7-17/h3-11,14H,12-13,23H2,1-2H3,(H,24,27). The van der Waals surface area contributed by atoms with E-state index in [0.29, 0.717) is 23.0 Å². The van der Waals surface area contributed by atoms with E-state index >= 15 is 0 Å². The van der Waals surface area contributed by atoms with Crippen molar-refractivity contribution in [2.45, 2.75) is 32.4 Å². The van der Waals surface area contributed by atoms with Crippen LogP contribution in [0.5, 0.6) is 0 Å². The van der Waals surface area contributed by atoms with Gasteiger partial charge in [0, 0.05) is 22.3 Å². The Morgan fingerprint density at radius 3 is 2.61 bits per heavy atom. The highest BCUT2D eigenvalue weighted by Crippen LogP contribution is 2.46. The molecule has 1 amide bonds. The fourth-order valence-electron chi connectivity index (χ4n) is 3.48. The predicted molar refractivity (Wildman–Crippen MR) is 109 cm³/mol. The highest BCUT2D eigenvalue weighted by molar-refractivity contribution is 6.07. The molecule has 1 aliphatic rings. The van der Waals surface area contributed by atoms with Crippen LogP contribution in [0.3, 0.4) is 0 Å². The molecule has 6 nitrogen and oxygen atoms in total. The normalized spacial score (nSPS) is 20.7. The van der Waals surface area contributed by atoms with E-state index in [4.69, 9.17) is 10.5 Å². The Kier molecular flexibility index (Phi) is 4.34. The van der Waals surface area contributed by atoms with E-state index in [1.165, 1.54) is 0 Å². The van der Waals surface area contributed by atoms with Crippen LogP contribution in [-0.2, 0) is 16.1 Å². The number of benzene rings is 2. The second kappa shape index (κ2) is 6.71. The number of hydrogen-bond acceptors (Lipinski definition) is 4. The third-order valence-corrected chi connectivity index (χ3v) is 5.42. The molecule has 144 valence electrons. The molecule has 0 bridgehead atoms. The van der Waals surface area contributed by atoms with E-state index in [2.05, 4.69) is 12.2 Å². The van der Waals surface area contributed by atoms with Crippen LogP contribution in [-0.4, -0.2) is 22.0 Å². The first kappa shape index (κ1) is 18.1. The van der Waals surface area contributed by atoms with E-state index < -0.39 is 5.60 Å². The highest BCUT2D eigenvalue weighted by atomic mass is 16.6. The molecule has 1 heterocycles. The molecule has 1 saturated carbocycles. The second-order valence-corrected chi connectivity index (χ2v) is 7.65. The zero-order valence-electron chi connectivity index (χ0n) is 15.9. The largest absolute Gasteiger partial charge is 0.458 e. The summed E-state index contributed by atoms with van der Waals surface area (Å²) in [6.45, 7) is 3.96. The first-order chi connectivity index (χ1) is 13.4. The average Bonchev–Trinajstić information content (AvgIpc) is 3.08. The van der Waals surface area contributed by atoms with E-state index in [1.54, 1.807) is 22.8 Å². The number of anilines is 2. The minimum Gasteiger partial charge on any atom is -0.458 e. The summed E-state index contributed by atoms with van der Waals surface area (Å²) in [5, 5.41) is 3.67. The summed E-state index contributed by atoms with van der Waals surface area (Å²) in [6, 6.07) is 16.3. The van der Waals surface area contributed by atoms with Gasteiger partial charge in [-0.3, -0.25) is 9.59 Å². The van der Waals surface area contributed by atoms with Gasteiger partial charge in [0.25, 0.3) is 5.91 Å². The Balaban J connectivity index is 1.66. The van der Waals surface area contributed by atoms with Crippen molar-refractivity contribution in [2.24, 2.45) is 5.92 Å². The number of rotatable bonds is 5. The lowest BCUT2D eigenvalue weighted by atomic mass is 10.2.